The highest BCUT2D eigenvalue weighted by Gasteiger charge is 2.33. The van der Waals surface area contributed by atoms with Crippen molar-refractivity contribution in [1.29, 1.82) is 0 Å². The number of hydrogen-bond acceptors (Lipinski definition) is 7. The van der Waals surface area contributed by atoms with Gasteiger partial charge in [-0.15, -0.1) is 11.3 Å². The molecule has 0 aliphatic carbocycles. The van der Waals surface area contributed by atoms with E-state index in [0.29, 0.717) is 18.0 Å². The fraction of sp³-hybridized carbons (Fsp3) is 0.360. The maximum absolute atomic E-state index is 13.1. The molecule has 0 spiro atoms. The van der Waals surface area contributed by atoms with Gasteiger partial charge in [-0.25, -0.2) is 21.8 Å². The van der Waals surface area contributed by atoms with Gasteiger partial charge in [-0.1, -0.05) is 23.8 Å². The van der Waals surface area contributed by atoms with Crippen LogP contribution in [0.4, 0.5) is 5.13 Å². The lowest BCUT2D eigenvalue weighted by Gasteiger charge is -2.30. The van der Waals surface area contributed by atoms with Crippen LogP contribution in [0.15, 0.2) is 51.6 Å². The summed E-state index contributed by atoms with van der Waals surface area (Å²) in [7, 11) is -7.39. The molecule has 1 amide bonds. The Morgan fingerprint density at radius 2 is 1.61 bits per heavy atom. The van der Waals surface area contributed by atoms with Crippen LogP contribution in [0, 0.1) is 26.7 Å². The van der Waals surface area contributed by atoms with Gasteiger partial charge in [-0.3, -0.25) is 4.79 Å². The lowest BCUT2D eigenvalue weighted by Crippen LogP contribution is -2.41. The highest BCUT2D eigenvalue weighted by atomic mass is 32.2. The SMILES string of the molecule is Cc1cc(C)c(-c2csc(NC(=O)C3CCN(S(=O)(=O)c4cccc(S(C)(=O)=O)c4)CC3)n2)c(C)c1. The quantitative estimate of drug-likeness (QED) is 0.495. The van der Waals surface area contributed by atoms with Crippen molar-refractivity contribution >= 4 is 42.2 Å². The molecule has 4 rings (SSSR count). The summed E-state index contributed by atoms with van der Waals surface area (Å²) in [5, 5.41) is 5.34. The monoisotopic (exact) mass is 547 g/mol. The van der Waals surface area contributed by atoms with Crippen molar-refractivity contribution in [2.75, 3.05) is 24.7 Å². The van der Waals surface area contributed by atoms with Crippen LogP contribution >= 0.6 is 11.3 Å². The van der Waals surface area contributed by atoms with Crippen molar-refractivity contribution in [2.45, 2.75) is 43.4 Å². The van der Waals surface area contributed by atoms with E-state index < -0.39 is 19.9 Å². The van der Waals surface area contributed by atoms with Gasteiger partial charge in [0.2, 0.25) is 15.9 Å². The number of carbonyl (C=O) groups is 1. The average Bonchev–Trinajstić information content (AvgIpc) is 3.25. The summed E-state index contributed by atoms with van der Waals surface area (Å²) in [5.74, 6) is -0.515. The molecule has 0 bridgehead atoms. The third-order valence-electron chi connectivity index (χ3n) is 6.36. The number of aromatic nitrogens is 1. The van der Waals surface area contributed by atoms with Gasteiger partial charge in [-0.05, 0) is 62.9 Å². The second kappa shape index (κ2) is 10.0. The van der Waals surface area contributed by atoms with Crippen molar-refractivity contribution in [3.8, 4) is 11.3 Å². The molecule has 1 aliphatic rings. The van der Waals surface area contributed by atoms with Gasteiger partial charge >= 0.3 is 0 Å². The molecular formula is C25H29N3O5S3. The Labute approximate surface area is 216 Å². The Balaban J connectivity index is 1.41. The van der Waals surface area contributed by atoms with Crippen molar-refractivity contribution in [2.24, 2.45) is 5.92 Å². The summed E-state index contributed by atoms with van der Waals surface area (Å²) >= 11 is 1.37. The van der Waals surface area contributed by atoms with Gasteiger partial charge < -0.3 is 5.32 Å². The van der Waals surface area contributed by atoms with Crippen LogP contribution < -0.4 is 5.32 Å². The van der Waals surface area contributed by atoms with Crippen LogP contribution in [0.5, 0.6) is 0 Å². The first-order valence-corrected chi connectivity index (χ1v) is 15.7. The third kappa shape index (κ3) is 5.54. The first-order chi connectivity index (χ1) is 16.9. The van der Waals surface area contributed by atoms with E-state index in [9.17, 15) is 21.6 Å². The van der Waals surface area contributed by atoms with Crippen LogP contribution in [-0.4, -0.2) is 51.4 Å². The number of hydrogen-bond donors (Lipinski definition) is 1. The zero-order chi connectivity index (χ0) is 26.3. The standard InChI is InChI=1S/C25H29N3O5S3/c1-16-12-17(2)23(18(3)13-16)22-15-34-25(26-22)27-24(29)19-8-10-28(11-9-19)36(32,33)21-7-5-6-20(14-21)35(4,30)31/h5-7,12-15,19H,8-11H2,1-4H3,(H,26,27,29). The van der Waals surface area contributed by atoms with Crippen LogP contribution in [0.25, 0.3) is 11.3 Å². The molecule has 11 heteroatoms. The second-order valence-corrected chi connectivity index (χ2v) is 14.0. The number of piperidine rings is 1. The molecule has 1 N–H and O–H groups in total. The number of anilines is 1. The number of amides is 1. The fourth-order valence-electron chi connectivity index (χ4n) is 4.61. The summed E-state index contributed by atoms with van der Waals surface area (Å²) in [6, 6.07) is 9.58. The minimum atomic E-state index is -3.86. The normalized spacial score (nSPS) is 15.7. The molecule has 1 aliphatic heterocycles. The predicted molar refractivity (Wildman–Crippen MR) is 141 cm³/mol. The van der Waals surface area contributed by atoms with E-state index in [-0.39, 0.29) is 34.7 Å². The average molecular weight is 548 g/mol. The Morgan fingerprint density at radius 1 is 1.00 bits per heavy atom. The molecule has 2 aromatic carbocycles. The number of benzene rings is 2. The molecular weight excluding hydrogens is 518 g/mol. The van der Waals surface area contributed by atoms with Crippen molar-refractivity contribution in [3.05, 3.63) is 58.5 Å². The molecule has 2 heterocycles. The van der Waals surface area contributed by atoms with Gasteiger partial charge in [0.05, 0.1) is 15.5 Å². The van der Waals surface area contributed by atoms with E-state index in [2.05, 4.69) is 29.4 Å². The second-order valence-electron chi connectivity index (χ2n) is 9.23. The van der Waals surface area contributed by atoms with Crippen LogP contribution in [0.3, 0.4) is 0 Å². The third-order valence-corrected chi connectivity index (χ3v) is 10.1. The summed E-state index contributed by atoms with van der Waals surface area (Å²) in [6.45, 7) is 6.50. The molecule has 0 unspecified atom stereocenters. The molecule has 0 saturated carbocycles. The number of nitrogens with zero attached hydrogens (tertiary/aromatic N) is 2. The summed E-state index contributed by atoms with van der Waals surface area (Å²) in [5.41, 5.74) is 5.34. The van der Waals surface area contributed by atoms with E-state index >= 15 is 0 Å². The lowest BCUT2D eigenvalue weighted by molar-refractivity contribution is -0.120. The summed E-state index contributed by atoms with van der Waals surface area (Å²) in [4.78, 5) is 17.4. The molecule has 1 aromatic heterocycles. The van der Waals surface area contributed by atoms with Crippen molar-refractivity contribution < 1.29 is 21.6 Å². The highest BCUT2D eigenvalue weighted by molar-refractivity contribution is 7.91. The van der Waals surface area contributed by atoms with Crippen LogP contribution in [-0.2, 0) is 24.7 Å². The van der Waals surface area contributed by atoms with Gasteiger partial charge in [0.25, 0.3) is 0 Å². The number of sulfonamides is 1. The van der Waals surface area contributed by atoms with Gasteiger partial charge in [-0.2, -0.15) is 4.31 Å². The highest BCUT2D eigenvalue weighted by Crippen LogP contribution is 2.32. The van der Waals surface area contributed by atoms with E-state index in [1.165, 1.54) is 45.5 Å². The first kappa shape index (κ1) is 26.5. The molecule has 8 nitrogen and oxygen atoms in total. The zero-order valence-corrected chi connectivity index (χ0v) is 23.1. The van der Waals surface area contributed by atoms with Gasteiger partial charge in [0.1, 0.15) is 0 Å². The smallest absolute Gasteiger partial charge is 0.243 e. The number of sulfone groups is 1. The molecule has 0 atom stereocenters. The lowest BCUT2D eigenvalue weighted by atomic mass is 9.97. The fourth-order valence-corrected chi connectivity index (χ4v) is 7.57. The van der Waals surface area contributed by atoms with E-state index in [1.807, 2.05) is 19.2 Å². The van der Waals surface area contributed by atoms with Gasteiger partial charge in [0, 0.05) is 36.2 Å². The number of rotatable bonds is 6. The maximum Gasteiger partial charge on any atom is 0.243 e. The van der Waals surface area contributed by atoms with E-state index in [1.54, 1.807) is 0 Å². The first-order valence-electron chi connectivity index (χ1n) is 11.5. The molecule has 36 heavy (non-hydrogen) atoms. The number of aryl methyl sites for hydroxylation is 3. The molecule has 1 fully saturated rings. The zero-order valence-electron chi connectivity index (χ0n) is 20.6. The minimum absolute atomic E-state index is 0.0447. The minimum Gasteiger partial charge on any atom is -0.302 e. The van der Waals surface area contributed by atoms with E-state index in [0.717, 1.165) is 28.6 Å². The van der Waals surface area contributed by atoms with Crippen molar-refractivity contribution in [1.82, 2.24) is 9.29 Å². The van der Waals surface area contributed by atoms with Crippen molar-refractivity contribution in [3.63, 3.8) is 0 Å². The Hall–Kier alpha value is -2.60. The number of thiazole rings is 1. The van der Waals surface area contributed by atoms with Crippen LogP contribution in [0.2, 0.25) is 0 Å². The number of carbonyl (C=O) groups excluding carboxylic acids is 1. The Bertz CT molecular complexity index is 1500. The molecule has 3 aromatic rings. The largest absolute Gasteiger partial charge is 0.302 e. The Morgan fingerprint density at radius 3 is 2.22 bits per heavy atom. The van der Waals surface area contributed by atoms with Gasteiger partial charge in [0.15, 0.2) is 15.0 Å². The summed E-state index contributed by atoms with van der Waals surface area (Å²) in [6.07, 6.45) is 1.77. The maximum atomic E-state index is 13.1. The molecule has 192 valence electrons. The Kier molecular flexibility index (Phi) is 7.38. The number of nitrogens with one attached hydrogen (secondary N) is 1. The summed E-state index contributed by atoms with van der Waals surface area (Å²) < 4.78 is 51.1. The van der Waals surface area contributed by atoms with Crippen LogP contribution in [0.1, 0.15) is 29.5 Å². The molecule has 0 radical (unpaired) electrons. The van der Waals surface area contributed by atoms with E-state index in [4.69, 9.17) is 0 Å². The topological polar surface area (TPSA) is 114 Å². The predicted octanol–water partition coefficient (Wildman–Crippen LogP) is 4.18. The molecule has 1 saturated heterocycles.